The van der Waals surface area contributed by atoms with Gasteiger partial charge < -0.3 is 14.8 Å². The summed E-state index contributed by atoms with van der Waals surface area (Å²) in [5.41, 5.74) is 0. The SMILES string of the molecule is COc1cc(SCCNC2CC2)c(OC)cc1Cl. The smallest absolute Gasteiger partial charge is 0.138 e. The van der Waals surface area contributed by atoms with Crippen LogP contribution in [-0.2, 0) is 0 Å². The number of hydrogen-bond acceptors (Lipinski definition) is 4. The van der Waals surface area contributed by atoms with Crippen LogP contribution in [0.5, 0.6) is 11.5 Å². The molecule has 0 spiro atoms. The molecule has 18 heavy (non-hydrogen) atoms. The van der Waals surface area contributed by atoms with Crippen LogP contribution in [0.2, 0.25) is 5.02 Å². The van der Waals surface area contributed by atoms with Crippen molar-refractivity contribution in [3.63, 3.8) is 0 Å². The van der Waals surface area contributed by atoms with E-state index in [-0.39, 0.29) is 0 Å². The summed E-state index contributed by atoms with van der Waals surface area (Å²) in [6.07, 6.45) is 2.64. The molecule has 100 valence electrons. The third-order valence-electron chi connectivity index (χ3n) is 2.81. The van der Waals surface area contributed by atoms with E-state index >= 15 is 0 Å². The van der Waals surface area contributed by atoms with E-state index in [4.69, 9.17) is 21.1 Å². The Balaban J connectivity index is 1.95. The second-order valence-corrected chi connectivity index (χ2v) is 5.76. The van der Waals surface area contributed by atoms with Crippen molar-refractivity contribution in [2.24, 2.45) is 0 Å². The van der Waals surface area contributed by atoms with Crippen LogP contribution < -0.4 is 14.8 Å². The van der Waals surface area contributed by atoms with Crippen LogP contribution in [0.4, 0.5) is 0 Å². The minimum Gasteiger partial charge on any atom is -0.496 e. The highest BCUT2D eigenvalue weighted by molar-refractivity contribution is 7.99. The predicted octanol–water partition coefficient (Wildman–Crippen LogP) is 3.20. The first-order valence-corrected chi connectivity index (χ1v) is 7.38. The van der Waals surface area contributed by atoms with Gasteiger partial charge in [0.1, 0.15) is 11.5 Å². The molecule has 0 aromatic heterocycles. The number of hydrogen-bond donors (Lipinski definition) is 1. The van der Waals surface area contributed by atoms with Crippen molar-refractivity contribution < 1.29 is 9.47 Å². The van der Waals surface area contributed by atoms with Gasteiger partial charge in [-0.05, 0) is 18.9 Å². The lowest BCUT2D eigenvalue weighted by Crippen LogP contribution is -2.19. The minimum atomic E-state index is 0.579. The van der Waals surface area contributed by atoms with E-state index in [1.54, 1.807) is 32.0 Å². The molecule has 0 aliphatic heterocycles. The first kappa shape index (κ1) is 13.8. The maximum Gasteiger partial charge on any atom is 0.138 e. The summed E-state index contributed by atoms with van der Waals surface area (Å²) in [4.78, 5) is 1.07. The van der Waals surface area contributed by atoms with Crippen molar-refractivity contribution >= 4 is 23.4 Å². The van der Waals surface area contributed by atoms with Crippen molar-refractivity contribution in [2.45, 2.75) is 23.8 Å². The van der Waals surface area contributed by atoms with E-state index in [9.17, 15) is 0 Å². The van der Waals surface area contributed by atoms with Crippen molar-refractivity contribution in [1.29, 1.82) is 0 Å². The summed E-state index contributed by atoms with van der Waals surface area (Å²) < 4.78 is 10.6. The molecule has 1 saturated carbocycles. The molecule has 0 bridgehead atoms. The average molecular weight is 288 g/mol. The van der Waals surface area contributed by atoms with E-state index in [1.165, 1.54) is 12.8 Å². The topological polar surface area (TPSA) is 30.5 Å². The average Bonchev–Trinajstić information content (AvgIpc) is 3.19. The Hall–Kier alpha value is -0.580. The van der Waals surface area contributed by atoms with Crippen LogP contribution in [0, 0.1) is 0 Å². The summed E-state index contributed by atoms with van der Waals surface area (Å²) in [5, 5.41) is 4.06. The van der Waals surface area contributed by atoms with Gasteiger partial charge in [-0.1, -0.05) is 11.6 Å². The molecular formula is C13H18ClNO2S. The van der Waals surface area contributed by atoms with Crippen molar-refractivity contribution in [3.8, 4) is 11.5 Å². The fourth-order valence-corrected chi connectivity index (χ4v) is 2.80. The van der Waals surface area contributed by atoms with Gasteiger partial charge in [0.05, 0.1) is 24.1 Å². The minimum absolute atomic E-state index is 0.579. The molecule has 0 saturated heterocycles. The molecule has 2 rings (SSSR count). The maximum absolute atomic E-state index is 6.06. The number of rotatable bonds is 7. The third kappa shape index (κ3) is 3.70. The highest BCUT2D eigenvalue weighted by atomic mass is 35.5. The van der Waals surface area contributed by atoms with E-state index in [0.29, 0.717) is 10.8 Å². The molecule has 1 N–H and O–H groups in total. The Morgan fingerprint density at radius 2 is 2.00 bits per heavy atom. The van der Waals surface area contributed by atoms with Gasteiger partial charge in [0.2, 0.25) is 0 Å². The van der Waals surface area contributed by atoms with Gasteiger partial charge in [-0.2, -0.15) is 0 Å². The second-order valence-electron chi connectivity index (χ2n) is 4.21. The summed E-state index contributed by atoms with van der Waals surface area (Å²) in [7, 11) is 3.28. The van der Waals surface area contributed by atoms with E-state index < -0.39 is 0 Å². The lowest BCUT2D eigenvalue weighted by molar-refractivity contribution is 0.394. The number of nitrogens with one attached hydrogen (secondary N) is 1. The Kier molecular flexibility index (Phi) is 5.03. The number of ether oxygens (including phenoxy) is 2. The zero-order chi connectivity index (χ0) is 13.0. The molecule has 3 nitrogen and oxygen atoms in total. The van der Waals surface area contributed by atoms with Crippen LogP contribution >= 0.6 is 23.4 Å². The first-order chi connectivity index (χ1) is 8.74. The van der Waals surface area contributed by atoms with Gasteiger partial charge in [-0.15, -0.1) is 11.8 Å². The molecule has 1 fully saturated rings. The van der Waals surface area contributed by atoms with Crippen LogP contribution in [0.3, 0.4) is 0 Å². The second kappa shape index (κ2) is 6.55. The van der Waals surface area contributed by atoms with Crippen LogP contribution in [-0.4, -0.2) is 32.6 Å². The monoisotopic (exact) mass is 287 g/mol. The van der Waals surface area contributed by atoms with E-state index in [0.717, 1.165) is 29.0 Å². The fourth-order valence-electron chi connectivity index (χ4n) is 1.66. The van der Waals surface area contributed by atoms with Crippen LogP contribution in [0.25, 0.3) is 0 Å². The highest BCUT2D eigenvalue weighted by Crippen LogP contribution is 2.37. The lowest BCUT2D eigenvalue weighted by atomic mass is 10.3. The molecular weight excluding hydrogens is 270 g/mol. The summed E-state index contributed by atoms with van der Waals surface area (Å²) in [6, 6.07) is 4.49. The van der Waals surface area contributed by atoms with Crippen LogP contribution in [0.15, 0.2) is 17.0 Å². The van der Waals surface area contributed by atoms with Gasteiger partial charge in [0.15, 0.2) is 0 Å². The molecule has 1 aliphatic carbocycles. The zero-order valence-electron chi connectivity index (χ0n) is 10.7. The normalized spacial score (nSPS) is 14.6. The third-order valence-corrected chi connectivity index (χ3v) is 4.14. The predicted molar refractivity (Wildman–Crippen MR) is 76.3 cm³/mol. The lowest BCUT2D eigenvalue weighted by Gasteiger charge is -2.11. The molecule has 0 unspecified atom stereocenters. The molecule has 1 aliphatic rings. The fraction of sp³-hybridized carbons (Fsp3) is 0.538. The maximum atomic E-state index is 6.06. The largest absolute Gasteiger partial charge is 0.496 e. The number of halogens is 1. The molecule has 0 radical (unpaired) electrons. The highest BCUT2D eigenvalue weighted by Gasteiger charge is 2.19. The van der Waals surface area contributed by atoms with Gasteiger partial charge in [-0.3, -0.25) is 0 Å². The Bertz CT molecular complexity index is 410. The Labute approximate surface area is 117 Å². The Morgan fingerprint density at radius 3 is 2.61 bits per heavy atom. The van der Waals surface area contributed by atoms with E-state index in [2.05, 4.69) is 5.32 Å². The van der Waals surface area contributed by atoms with E-state index in [1.807, 2.05) is 6.07 Å². The summed E-state index contributed by atoms with van der Waals surface area (Å²) in [6.45, 7) is 1.02. The standard InChI is InChI=1S/C13H18ClNO2S/c1-16-11-8-13(12(17-2)7-10(11)14)18-6-5-15-9-3-4-9/h7-9,15H,3-6H2,1-2H3. The first-order valence-electron chi connectivity index (χ1n) is 6.02. The number of benzene rings is 1. The summed E-state index contributed by atoms with van der Waals surface area (Å²) >= 11 is 7.82. The number of thioether (sulfide) groups is 1. The van der Waals surface area contributed by atoms with Gasteiger partial charge in [0, 0.05) is 24.4 Å². The molecule has 0 heterocycles. The van der Waals surface area contributed by atoms with Gasteiger partial charge >= 0.3 is 0 Å². The molecule has 5 heteroatoms. The molecule has 0 atom stereocenters. The molecule has 1 aromatic carbocycles. The van der Waals surface area contributed by atoms with Crippen molar-refractivity contribution in [3.05, 3.63) is 17.2 Å². The summed E-state index contributed by atoms with van der Waals surface area (Å²) in [5.74, 6) is 2.50. The van der Waals surface area contributed by atoms with Crippen LogP contribution in [0.1, 0.15) is 12.8 Å². The Morgan fingerprint density at radius 1 is 1.28 bits per heavy atom. The van der Waals surface area contributed by atoms with Gasteiger partial charge in [0.25, 0.3) is 0 Å². The van der Waals surface area contributed by atoms with Crippen molar-refractivity contribution in [1.82, 2.24) is 5.32 Å². The zero-order valence-corrected chi connectivity index (χ0v) is 12.2. The molecule has 0 amide bonds. The van der Waals surface area contributed by atoms with Crippen molar-refractivity contribution in [2.75, 3.05) is 26.5 Å². The number of methoxy groups -OCH3 is 2. The molecule has 1 aromatic rings. The quantitative estimate of drug-likeness (QED) is 0.616. The van der Waals surface area contributed by atoms with Gasteiger partial charge in [-0.25, -0.2) is 0 Å².